The third-order valence-corrected chi connectivity index (χ3v) is 4.80. The molecule has 34 heavy (non-hydrogen) atoms. The minimum Gasteiger partial charge on any atom is -0.465 e. The zero-order chi connectivity index (χ0) is 25.0. The Morgan fingerprint density at radius 3 is 2.26 bits per heavy atom. The van der Waals surface area contributed by atoms with Crippen LogP contribution in [-0.2, 0) is 20.4 Å². The summed E-state index contributed by atoms with van der Waals surface area (Å²) in [5.74, 6) is -2.24. The third kappa shape index (κ3) is 4.92. The molecule has 0 fully saturated rings. The number of halogens is 3. The molecule has 0 aliphatic heterocycles. The first-order chi connectivity index (χ1) is 16.1. The number of fused-ring (bicyclic) bond motifs is 1. The molecule has 0 bridgehead atoms. The van der Waals surface area contributed by atoms with Crippen LogP contribution < -0.4 is 5.32 Å². The van der Waals surface area contributed by atoms with Crippen molar-refractivity contribution in [2.45, 2.75) is 13.1 Å². The lowest BCUT2D eigenvalue weighted by Gasteiger charge is -2.17. The zero-order valence-electron chi connectivity index (χ0n) is 18.3. The molecule has 0 atom stereocenters. The highest BCUT2D eigenvalue weighted by molar-refractivity contribution is 6.08. The number of pyridine rings is 1. The molecule has 0 spiro atoms. The van der Waals surface area contributed by atoms with Gasteiger partial charge in [0.25, 0.3) is 0 Å². The fourth-order valence-corrected chi connectivity index (χ4v) is 3.18. The maximum absolute atomic E-state index is 13.2. The minimum atomic E-state index is -4.60. The Hall–Kier alpha value is -4.15. The normalized spacial score (nSPS) is 11.1. The van der Waals surface area contributed by atoms with Crippen molar-refractivity contribution in [1.82, 2.24) is 4.98 Å². The summed E-state index contributed by atoms with van der Waals surface area (Å²) >= 11 is 0. The number of carbonyl (C=O) groups excluding carboxylic acids is 3. The van der Waals surface area contributed by atoms with Gasteiger partial charge in [0, 0.05) is 11.6 Å². The Balaban J connectivity index is 2.26. The number of rotatable bonds is 6. The Morgan fingerprint density at radius 1 is 0.941 bits per heavy atom. The van der Waals surface area contributed by atoms with Crippen LogP contribution in [0.25, 0.3) is 10.9 Å². The predicted molar refractivity (Wildman–Crippen MR) is 115 cm³/mol. The molecule has 0 saturated carbocycles. The largest absolute Gasteiger partial charge is 0.465 e. The van der Waals surface area contributed by atoms with Gasteiger partial charge in [-0.2, -0.15) is 13.2 Å². The monoisotopic (exact) mass is 476 g/mol. The summed E-state index contributed by atoms with van der Waals surface area (Å²) in [6, 6.07) is 6.78. The molecule has 0 aliphatic rings. The number of benzene rings is 2. The number of alkyl halides is 3. The van der Waals surface area contributed by atoms with Crippen LogP contribution in [0.5, 0.6) is 0 Å². The molecule has 1 N–H and O–H groups in total. The van der Waals surface area contributed by atoms with Gasteiger partial charge in [-0.3, -0.25) is 4.98 Å². The number of carbonyl (C=O) groups is 3. The van der Waals surface area contributed by atoms with Crippen molar-refractivity contribution in [2.24, 2.45) is 0 Å². The third-order valence-electron chi connectivity index (χ3n) is 4.80. The summed E-state index contributed by atoms with van der Waals surface area (Å²) in [6.07, 6.45) is -3.53. The van der Waals surface area contributed by atoms with E-state index >= 15 is 0 Å². The highest BCUT2D eigenvalue weighted by atomic mass is 19.4. The average Bonchev–Trinajstić information content (AvgIpc) is 2.82. The first-order valence-electron chi connectivity index (χ1n) is 9.85. The van der Waals surface area contributed by atoms with Crippen LogP contribution in [0.4, 0.5) is 24.5 Å². The zero-order valence-corrected chi connectivity index (χ0v) is 18.3. The first-order valence-corrected chi connectivity index (χ1v) is 9.85. The number of hydrogen-bond acceptors (Lipinski definition) is 8. The standard InChI is InChI=1S/C23H19F3N2O6/c1-4-34-22(31)16-11-27-17-10-13(23(24,25)26)6-8-14(17)19(16)28-18-9-12(20(29)32-2)5-7-15(18)21(30)33-3/h5-11H,4H2,1-3H3,(H,27,28). The Labute approximate surface area is 191 Å². The number of methoxy groups -OCH3 is 2. The van der Waals surface area contributed by atoms with Gasteiger partial charge in [0.15, 0.2) is 0 Å². The van der Waals surface area contributed by atoms with Crippen molar-refractivity contribution in [3.63, 3.8) is 0 Å². The van der Waals surface area contributed by atoms with E-state index < -0.39 is 29.6 Å². The van der Waals surface area contributed by atoms with Gasteiger partial charge in [-0.1, -0.05) is 6.07 Å². The molecule has 0 unspecified atom stereocenters. The van der Waals surface area contributed by atoms with Gasteiger partial charge < -0.3 is 19.5 Å². The fraction of sp³-hybridized carbons (Fsp3) is 0.217. The van der Waals surface area contributed by atoms with Crippen molar-refractivity contribution in [2.75, 3.05) is 26.1 Å². The maximum atomic E-state index is 13.2. The number of anilines is 2. The second-order valence-electron chi connectivity index (χ2n) is 6.87. The lowest BCUT2D eigenvalue weighted by Crippen LogP contribution is -2.13. The van der Waals surface area contributed by atoms with Crippen LogP contribution in [-0.4, -0.2) is 43.7 Å². The number of hydrogen-bond donors (Lipinski definition) is 1. The van der Waals surface area contributed by atoms with E-state index in [9.17, 15) is 27.6 Å². The quantitative estimate of drug-likeness (QED) is 0.402. The number of nitrogens with one attached hydrogen (secondary N) is 1. The summed E-state index contributed by atoms with van der Waals surface area (Å²) in [4.78, 5) is 40.9. The van der Waals surface area contributed by atoms with Crippen molar-refractivity contribution < 1.29 is 41.8 Å². The summed E-state index contributed by atoms with van der Waals surface area (Å²) in [5.41, 5.74) is -0.917. The number of aromatic nitrogens is 1. The van der Waals surface area contributed by atoms with E-state index in [1.807, 2.05) is 0 Å². The first kappa shape index (κ1) is 24.5. The molecule has 178 valence electrons. The van der Waals surface area contributed by atoms with Crippen LogP contribution in [0.3, 0.4) is 0 Å². The van der Waals surface area contributed by atoms with Gasteiger partial charge in [-0.15, -0.1) is 0 Å². The van der Waals surface area contributed by atoms with Gasteiger partial charge >= 0.3 is 24.1 Å². The Kier molecular flexibility index (Phi) is 7.04. The van der Waals surface area contributed by atoms with E-state index in [1.165, 1.54) is 25.3 Å². The van der Waals surface area contributed by atoms with E-state index in [1.54, 1.807) is 6.92 Å². The molecular formula is C23H19F3N2O6. The lowest BCUT2D eigenvalue weighted by molar-refractivity contribution is -0.137. The summed E-state index contributed by atoms with van der Waals surface area (Å²) in [5, 5.41) is 3.04. The van der Waals surface area contributed by atoms with Crippen molar-refractivity contribution >= 4 is 40.2 Å². The fourth-order valence-electron chi connectivity index (χ4n) is 3.18. The average molecular weight is 476 g/mol. The predicted octanol–water partition coefficient (Wildman–Crippen LogP) is 4.75. The van der Waals surface area contributed by atoms with Gasteiger partial charge in [-0.05, 0) is 37.3 Å². The van der Waals surface area contributed by atoms with Crippen LogP contribution >= 0.6 is 0 Å². The molecule has 8 nitrogen and oxygen atoms in total. The molecule has 3 aromatic rings. The minimum absolute atomic E-state index is 0.00170. The van der Waals surface area contributed by atoms with Gasteiger partial charge in [0.1, 0.15) is 5.56 Å². The second kappa shape index (κ2) is 9.77. The molecule has 2 aromatic carbocycles. The summed E-state index contributed by atoms with van der Waals surface area (Å²) in [6.45, 7) is 1.62. The molecule has 11 heteroatoms. The number of esters is 3. The van der Waals surface area contributed by atoms with Crippen LogP contribution in [0, 0.1) is 0 Å². The summed E-state index contributed by atoms with van der Waals surface area (Å²) < 4.78 is 54.1. The summed E-state index contributed by atoms with van der Waals surface area (Å²) in [7, 11) is 2.34. The number of nitrogens with zero attached hydrogens (tertiary/aromatic N) is 1. The molecule has 1 aromatic heterocycles. The number of ether oxygens (including phenoxy) is 3. The van der Waals surface area contributed by atoms with E-state index in [0.717, 1.165) is 31.5 Å². The lowest BCUT2D eigenvalue weighted by atomic mass is 10.0. The van der Waals surface area contributed by atoms with Gasteiger partial charge in [0.05, 0.1) is 54.4 Å². The molecule has 0 saturated heterocycles. The smallest absolute Gasteiger partial charge is 0.416 e. The Bertz CT molecular complexity index is 1270. The maximum Gasteiger partial charge on any atom is 0.416 e. The second-order valence-corrected chi connectivity index (χ2v) is 6.87. The van der Waals surface area contributed by atoms with Crippen LogP contribution in [0.2, 0.25) is 0 Å². The molecule has 0 aliphatic carbocycles. The molecule has 0 radical (unpaired) electrons. The van der Waals surface area contributed by atoms with E-state index in [4.69, 9.17) is 14.2 Å². The van der Waals surface area contributed by atoms with Gasteiger partial charge in [0.2, 0.25) is 0 Å². The molecule has 3 rings (SSSR count). The van der Waals surface area contributed by atoms with Crippen molar-refractivity contribution in [3.8, 4) is 0 Å². The van der Waals surface area contributed by atoms with Crippen molar-refractivity contribution in [3.05, 3.63) is 64.8 Å². The van der Waals surface area contributed by atoms with Crippen molar-refractivity contribution in [1.29, 1.82) is 0 Å². The highest BCUT2D eigenvalue weighted by Gasteiger charge is 2.31. The van der Waals surface area contributed by atoms with Gasteiger partial charge in [-0.25, -0.2) is 14.4 Å². The van der Waals surface area contributed by atoms with Crippen LogP contribution in [0.1, 0.15) is 43.6 Å². The molecule has 1 heterocycles. The SMILES string of the molecule is CCOC(=O)c1cnc2cc(C(F)(F)F)ccc2c1Nc1cc(C(=O)OC)ccc1C(=O)OC. The molecule has 0 amide bonds. The van der Waals surface area contributed by atoms with Crippen LogP contribution in [0.15, 0.2) is 42.6 Å². The van der Waals surface area contributed by atoms with E-state index in [-0.39, 0.29) is 45.6 Å². The van der Waals surface area contributed by atoms with E-state index in [2.05, 4.69) is 10.3 Å². The molecular weight excluding hydrogens is 457 g/mol. The Morgan fingerprint density at radius 2 is 1.65 bits per heavy atom. The highest BCUT2D eigenvalue weighted by Crippen LogP contribution is 2.36. The van der Waals surface area contributed by atoms with E-state index in [0.29, 0.717) is 0 Å². The topological polar surface area (TPSA) is 104 Å².